The number of nitrogens with zero attached hydrogens (tertiary/aromatic N) is 4. The van der Waals surface area contributed by atoms with Gasteiger partial charge in [0, 0.05) is 30.3 Å². The van der Waals surface area contributed by atoms with Crippen molar-refractivity contribution in [3.05, 3.63) is 71.2 Å². The number of aryl methyl sites for hydroxylation is 2. The molecule has 2 amide bonds. The van der Waals surface area contributed by atoms with E-state index in [4.69, 9.17) is 4.74 Å². The molecule has 5 rings (SSSR count). The van der Waals surface area contributed by atoms with Gasteiger partial charge >= 0.3 is 0 Å². The third kappa shape index (κ3) is 5.19. The van der Waals surface area contributed by atoms with Crippen molar-refractivity contribution in [1.29, 1.82) is 0 Å². The van der Waals surface area contributed by atoms with Crippen LogP contribution in [-0.2, 0) is 11.3 Å². The van der Waals surface area contributed by atoms with Gasteiger partial charge in [-0.25, -0.2) is 9.50 Å². The smallest absolute Gasteiger partial charge is 0.253 e. The van der Waals surface area contributed by atoms with Gasteiger partial charge in [-0.15, -0.1) is 0 Å². The zero-order valence-electron chi connectivity index (χ0n) is 20.5. The molecule has 1 aliphatic rings. The molecule has 184 valence electrons. The van der Waals surface area contributed by atoms with E-state index < -0.39 is 0 Å². The van der Waals surface area contributed by atoms with Crippen LogP contribution in [0.1, 0.15) is 47.1 Å². The average Bonchev–Trinajstić information content (AvgIpc) is 3.59. The van der Waals surface area contributed by atoms with Crippen LogP contribution < -0.4 is 15.4 Å². The molecule has 3 heterocycles. The number of fused-ring (bicyclic) bond motifs is 1. The zero-order chi connectivity index (χ0) is 25.2. The minimum absolute atomic E-state index is 0.204. The van der Waals surface area contributed by atoms with Crippen molar-refractivity contribution in [3.63, 3.8) is 0 Å². The predicted molar refractivity (Wildman–Crippen MR) is 136 cm³/mol. The first-order chi connectivity index (χ1) is 17.4. The van der Waals surface area contributed by atoms with Crippen LogP contribution in [-0.4, -0.2) is 38.0 Å². The van der Waals surface area contributed by atoms with E-state index in [9.17, 15) is 9.59 Å². The Morgan fingerprint density at radius 2 is 1.89 bits per heavy atom. The fourth-order valence-corrected chi connectivity index (χ4v) is 4.03. The summed E-state index contributed by atoms with van der Waals surface area (Å²) in [6, 6.07) is 13.3. The van der Waals surface area contributed by atoms with Crippen molar-refractivity contribution in [1.82, 2.24) is 24.9 Å². The number of amides is 2. The fourth-order valence-electron chi connectivity index (χ4n) is 4.03. The molecule has 0 aliphatic heterocycles. The summed E-state index contributed by atoms with van der Waals surface area (Å²) in [6.45, 7) is 6.21. The molecule has 0 atom stereocenters. The van der Waals surface area contributed by atoms with Crippen molar-refractivity contribution in [2.75, 3.05) is 11.9 Å². The molecule has 4 aromatic rings. The fraction of sp³-hybridized carbons (Fsp3) is 0.296. The van der Waals surface area contributed by atoms with Crippen molar-refractivity contribution in [2.45, 2.75) is 40.2 Å². The van der Waals surface area contributed by atoms with Gasteiger partial charge in [0.05, 0.1) is 29.8 Å². The normalized spacial score (nSPS) is 13.0. The predicted octanol–water partition coefficient (Wildman–Crippen LogP) is 4.09. The van der Waals surface area contributed by atoms with E-state index in [0.717, 1.165) is 29.2 Å². The van der Waals surface area contributed by atoms with E-state index in [1.165, 1.54) is 19.8 Å². The van der Waals surface area contributed by atoms with E-state index in [1.54, 1.807) is 10.7 Å². The van der Waals surface area contributed by atoms with Crippen molar-refractivity contribution in [2.24, 2.45) is 5.92 Å². The molecule has 3 aromatic heterocycles. The number of hydrogen-bond acceptors (Lipinski definition) is 6. The highest BCUT2D eigenvalue weighted by Gasteiger charge is 2.22. The van der Waals surface area contributed by atoms with E-state index in [-0.39, 0.29) is 11.8 Å². The Balaban J connectivity index is 1.36. The molecule has 1 aromatic carbocycles. The minimum atomic E-state index is -0.213. The number of hydrogen-bond donors (Lipinski definition) is 2. The highest BCUT2D eigenvalue weighted by molar-refractivity contribution is 5.96. The Labute approximate surface area is 208 Å². The van der Waals surface area contributed by atoms with Crippen LogP contribution in [0, 0.1) is 19.8 Å². The van der Waals surface area contributed by atoms with E-state index >= 15 is 0 Å². The van der Waals surface area contributed by atoms with Crippen LogP contribution >= 0.6 is 0 Å². The van der Waals surface area contributed by atoms with Gasteiger partial charge in [0.15, 0.2) is 11.5 Å². The molecule has 0 unspecified atom stereocenters. The van der Waals surface area contributed by atoms with Gasteiger partial charge in [-0.3, -0.25) is 14.6 Å². The third-order valence-corrected chi connectivity index (χ3v) is 6.13. The number of nitrogens with one attached hydrogen (secondary N) is 2. The summed E-state index contributed by atoms with van der Waals surface area (Å²) in [5.41, 5.74) is 4.81. The molecule has 0 spiro atoms. The first-order valence-electron chi connectivity index (χ1n) is 12.0. The maximum absolute atomic E-state index is 13.2. The largest absolute Gasteiger partial charge is 0.493 e. The van der Waals surface area contributed by atoms with E-state index in [1.807, 2.05) is 56.3 Å². The van der Waals surface area contributed by atoms with E-state index in [2.05, 4.69) is 25.7 Å². The first-order valence-corrected chi connectivity index (χ1v) is 12.0. The SMILES string of the molecule is CC(=O)Nc1cn2nc(-c3cc(C(=O)NCc4ccccc4OCC4CC4)c(C)nc3C)ccc2n1. The maximum atomic E-state index is 13.2. The number of ether oxygens (including phenoxy) is 1. The molecular weight excluding hydrogens is 456 g/mol. The molecule has 2 N–H and O–H groups in total. The Morgan fingerprint density at radius 1 is 1.08 bits per heavy atom. The number of aromatic nitrogens is 4. The number of rotatable bonds is 8. The van der Waals surface area contributed by atoms with Crippen LogP contribution in [0.5, 0.6) is 5.75 Å². The summed E-state index contributed by atoms with van der Waals surface area (Å²) in [5, 5.41) is 10.3. The standard InChI is InChI=1S/C27H28N6O3/c1-16-21(23-10-11-26-31-25(30-18(3)34)14-33(26)32-23)12-22(17(2)29-16)27(35)28-13-20-6-4-5-7-24(20)36-15-19-8-9-19/h4-7,10-12,14,19H,8-9,13,15H2,1-3H3,(H,28,35)(H,30,34). The second-order valence-corrected chi connectivity index (χ2v) is 9.13. The molecule has 36 heavy (non-hydrogen) atoms. The molecule has 1 aliphatic carbocycles. The van der Waals surface area contributed by atoms with Gasteiger partial charge in [-0.2, -0.15) is 5.10 Å². The Morgan fingerprint density at radius 3 is 2.67 bits per heavy atom. The van der Waals surface area contributed by atoms with Gasteiger partial charge < -0.3 is 15.4 Å². The number of para-hydroxylation sites is 1. The summed E-state index contributed by atoms with van der Waals surface area (Å²) in [6.07, 6.45) is 4.09. The highest BCUT2D eigenvalue weighted by Crippen LogP contribution is 2.30. The number of carbonyl (C=O) groups is 2. The van der Waals surface area contributed by atoms with Crippen molar-refractivity contribution < 1.29 is 14.3 Å². The lowest BCUT2D eigenvalue weighted by molar-refractivity contribution is -0.114. The Hall–Kier alpha value is -4.27. The summed E-state index contributed by atoms with van der Waals surface area (Å²) < 4.78 is 7.57. The average molecular weight is 485 g/mol. The molecule has 1 fully saturated rings. The molecule has 1 saturated carbocycles. The summed E-state index contributed by atoms with van der Waals surface area (Å²) in [7, 11) is 0. The molecule has 9 heteroatoms. The van der Waals surface area contributed by atoms with Crippen LogP contribution in [0.2, 0.25) is 0 Å². The summed E-state index contributed by atoms with van der Waals surface area (Å²) >= 11 is 0. The molecule has 0 saturated heterocycles. The van der Waals surface area contributed by atoms with Crippen molar-refractivity contribution >= 4 is 23.3 Å². The third-order valence-electron chi connectivity index (χ3n) is 6.13. The van der Waals surface area contributed by atoms with Crippen LogP contribution in [0.4, 0.5) is 5.82 Å². The number of imidazole rings is 1. The van der Waals surface area contributed by atoms with Crippen LogP contribution in [0.25, 0.3) is 16.9 Å². The van der Waals surface area contributed by atoms with Gasteiger partial charge in [-0.1, -0.05) is 18.2 Å². The highest BCUT2D eigenvalue weighted by atomic mass is 16.5. The Bertz CT molecular complexity index is 1460. The monoisotopic (exact) mass is 484 g/mol. The number of carbonyl (C=O) groups excluding carboxylic acids is 2. The molecule has 9 nitrogen and oxygen atoms in total. The minimum Gasteiger partial charge on any atom is -0.493 e. The molecular formula is C27H28N6O3. The topological polar surface area (TPSA) is 111 Å². The lowest BCUT2D eigenvalue weighted by Crippen LogP contribution is -2.24. The number of pyridine rings is 1. The second-order valence-electron chi connectivity index (χ2n) is 9.13. The quantitative estimate of drug-likeness (QED) is 0.390. The first kappa shape index (κ1) is 23.5. The number of benzene rings is 1. The van der Waals surface area contributed by atoms with E-state index in [0.29, 0.717) is 40.9 Å². The van der Waals surface area contributed by atoms with Gasteiger partial charge in [0.2, 0.25) is 5.91 Å². The second kappa shape index (κ2) is 9.77. The molecule has 0 radical (unpaired) electrons. The molecule has 0 bridgehead atoms. The van der Waals surface area contributed by atoms with Gasteiger partial charge in [0.1, 0.15) is 5.75 Å². The lowest BCUT2D eigenvalue weighted by Gasteiger charge is -2.14. The van der Waals surface area contributed by atoms with Gasteiger partial charge in [-0.05, 0) is 56.9 Å². The summed E-state index contributed by atoms with van der Waals surface area (Å²) in [4.78, 5) is 33.5. The van der Waals surface area contributed by atoms with Gasteiger partial charge in [0.25, 0.3) is 5.91 Å². The maximum Gasteiger partial charge on any atom is 0.253 e. The zero-order valence-corrected chi connectivity index (χ0v) is 20.5. The Kier molecular flexibility index (Phi) is 6.37. The van der Waals surface area contributed by atoms with Crippen LogP contribution in [0.3, 0.4) is 0 Å². The summed E-state index contributed by atoms with van der Waals surface area (Å²) in [5.74, 6) is 1.47. The van der Waals surface area contributed by atoms with Crippen molar-refractivity contribution in [3.8, 4) is 17.0 Å². The van der Waals surface area contributed by atoms with Crippen LogP contribution in [0.15, 0.2) is 48.7 Å². The number of anilines is 1. The lowest BCUT2D eigenvalue weighted by atomic mass is 10.0.